The minimum absolute atomic E-state index is 0.0844. The number of nitrogens with zero attached hydrogens (tertiary/aromatic N) is 2. The number of aryl methyl sites for hydroxylation is 2. The number of rotatable bonds is 9. The van der Waals surface area contributed by atoms with Crippen molar-refractivity contribution < 1.29 is 9.53 Å². The quantitative estimate of drug-likeness (QED) is 0.360. The van der Waals surface area contributed by atoms with Crippen LogP contribution in [0.2, 0.25) is 0 Å². The predicted octanol–water partition coefficient (Wildman–Crippen LogP) is 5.41. The zero-order valence-corrected chi connectivity index (χ0v) is 18.3. The Morgan fingerprint density at radius 1 is 1.00 bits per heavy atom. The Bertz CT molecular complexity index is 1160. The Labute approximate surface area is 186 Å². The number of para-hydroxylation sites is 4. The molecule has 31 heavy (non-hydrogen) atoms. The minimum Gasteiger partial charge on any atom is -0.492 e. The number of hydrogen-bond donors (Lipinski definition) is 1. The number of fused-ring (bicyclic) bond motifs is 1. The lowest BCUT2D eigenvalue weighted by molar-refractivity contribution is -0.113. The number of aromatic nitrogens is 2. The zero-order valence-electron chi connectivity index (χ0n) is 17.5. The van der Waals surface area contributed by atoms with Gasteiger partial charge in [0.25, 0.3) is 0 Å². The van der Waals surface area contributed by atoms with Gasteiger partial charge in [-0.1, -0.05) is 66.4 Å². The van der Waals surface area contributed by atoms with Crippen LogP contribution in [-0.2, 0) is 17.8 Å². The maximum absolute atomic E-state index is 12.6. The van der Waals surface area contributed by atoms with Gasteiger partial charge in [0.05, 0.1) is 29.1 Å². The van der Waals surface area contributed by atoms with Gasteiger partial charge in [-0.25, -0.2) is 4.98 Å². The lowest BCUT2D eigenvalue weighted by atomic mass is 10.1. The first kappa shape index (κ1) is 21.0. The molecule has 3 aromatic carbocycles. The lowest BCUT2D eigenvalue weighted by Gasteiger charge is -2.12. The van der Waals surface area contributed by atoms with Crippen LogP contribution in [-0.4, -0.2) is 27.8 Å². The van der Waals surface area contributed by atoms with Gasteiger partial charge < -0.3 is 14.6 Å². The van der Waals surface area contributed by atoms with Crippen LogP contribution < -0.4 is 10.1 Å². The highest BCUT2D eigenvalue weighted by Crippen LogP contribution is 2.27. The molecule has 6 heteroatoms. The van der Waals surface area contributed by atoms with Crippen molar-refractivity contribution in [3.05, 3.63) is 84.4 Å². The molecule has 1 amide bonds. The van der Waals surface area contributed by atoms with E-state index in [9.17, 15) is 4.79 Å². The van der Waals surface area contributed by atoms with Crippen LogP contribution in [0.1, 0.15) is 12.5 Å². The number of anilines is 1. The summed E-state index contributed by atoms with van der Waals surface area (Å²) in [5, 5.41) is 3.81. The molecule has 158 valence electrons. The van der Waals surface area contributed by atoms with Gasteiger partial charge in [0.2, 0.25) is 5.91 Å². The Morgan fingerprint density at radius 3 is 2.58 bits per heavy atom. The molecule has 0 radical (unpaired) electrons. The average Bonchev–Trinajstić information content (AvgIpc) is 3.16. The van der Waals surface area contributed by atoms with Crippen LogP contribution in [0.25, 0.3) is 11.0 Å². The van der Waals surface area contributed by atoms with Crippen molar-refractivity contribution in [1.29, 1.82) is 0 Å². The van der Waals surface area contributed by atoms with Gasteiger partial charge in [-0.15, -0.1) is 0 Å². The number of carbonyl (C=O) groups excluding carboxylic acids is 1. The summed E-state index contributed by atoms with van der Waals surface area (Å²) in [5.41, 5.74) is 4.00. The van der Waals surface area contributed by atoms with Crippen LogP contribution in [0.3, 0.4) is 0 Å². The van der Waals surface area contributed by atoms with Crippen molar-refractivity contribution >= 4 is 34.4 Å². The number of carbonyl (C=O) groups is 1. The Kier molecular flexibility index (Phi) is 6.89. The van der Waals surface area contributed by atoms with Gasteiger partial charge in [-0.3, -0.25) is 4.79 Å². The second-order valence-corrected chi connectivity index (χ2v) is 7.98. The Hall–Kier alpha value is -3.25. The van der Waals surface area contributed by atoms with Crippen molar-refractivity contribution in [3.8, 4) is 5.75 Å². The summed E-state index contributed by atoms with van der Waals surface area (Å²) >= 11 is 1.45. The Balaban J connectivity index is 1.47. The standard InChI is InChI=1S/C25H25N3O2S/c1-2-30-23-15-9-7-13-21(23)26-24(29)18-31-25-27-20-12-6-8-14-22(20)28(25)17-16-19-10-4-3-5-11-19/h3-15H,2,16-18H2,1H3,(H,26,29). The highest BCUT2D eigenvalue weighted by Gasteiger charge is 2.14. The van der Waals surface area contributed by atoms with E-state index < -0.39 is 0 Å². The molecule has 0 bridgehead atoms. The maximum Gasteiger partial charge on any atom is 0.234 e. The number of hydrogen-bond acceptors (Lipinski definition) is 4. The van der Waals surface area contributed by atoms with Crippen LogP contribution in [0.4, 0.5) is 5.69 Å². The van der Waals surface area contributed by atoms with Gasteiger partial charge in [0.15, 0.2) is 5.16 Å². The lowest BCUT2D eigenvalue weighted by Crippen LogP contribution is -2.15. The SMILES string of the molecule is CCOc1ccccc1NC(=O)CSc1nc2ccccc2n1CCc1ccccc1. The minimum atomic E-state index is -0.0844. The van der Waals surface area contributed by atoms with Crippen LogP contribution >= 0.6 is 11.8 Å². The molecule has 4 aromatic rings. The molecule has 4 rings (SSSR count). The maximum atomic E-state index is 12.6. The molecular formula is C25H25N3O2S. The van der Waals surface area contributed by atoms with E-state index in [0.29, 0.717) is 18.0 Å². The second-order valence-electron chi connectivity index (χ2n) is 7.04. The summed E-state index contributed by atoms with van der Waals surface area (Å²) in [4.78, 5) is 17.4. The first-order chi connectivity index (χ1) is 15.2. The normalized spacial score (nSPS) is 10.9. The summed E-state index contributed by atoms with van der Waals surface area (Å²) in [7, 11) is 0. The number of imidazole rings is 1. The first-order valence-corrected chi connectivity index (χ1v) is 11.4. The molecule has 0 atom stereocenters. The molecule has 1 aromatic heterocycles. The molecule has 0 aliphatic heterocycles. The van der Waals surface area contributed by atoms with E-state index in [1.54, 1.807) is 0 Å². The molecule has 0 unspecified atom stereocenters. The molecule has 1 N–H and O–H groups in total. The molecular weight excluding hydrogens is 406 g/mol. The summed E-state index contributed by atoms with van der Waals surface area (Å²) in [6, 6.07) is 26.0. The summed E-state index contributed by atoms with van der Waals surface area (Å²) in [6.07, 6.45) is 0.905. The highest BCUT2D eigenvalue weighted by atomic mass is 32.2. The number of ether oxygens (including phenoxy) is 1. The van der Waals surface area contributed by atoms with Crippen molar-refractivity contribution in [2.75, 3.05) is 17.7 Å². The summed E-state index contributed by atoms with van der Waals surface area (Å²) < 4.78 is 7.80. The van der Waals surface area contributed by atoms with Crippen LogP contribution in [0.5, 0.6) is 5.75 Å². The van der Waals surface area contributed by atoms with Crippen molar-refractivity contribution in [1.82, 2.24) is 9.55 Å². The van der Waals surface area contributed by atoms with Gasteiger partial charge in [-0.2, -0.15) is 0 Å². The fraction of sp³-hybridized carbons (Fsp3) is 0.200. The fourth-order valence-electron chi connectivity index (χ4n) is 3.43. The van der Waals surface area contributed by atoms with E-state index in [4.69, 9.17) is 9.72 Å². The predicted molar refractivity (Wildman–Crippen MR) is 127 cm³/mol. The number of thioether (sulfide) groups is 1. The monoisotopic (exact) mass is 431 g/mol. The average molecular weight is 432 g/mol. The molecule has 0 saturated heterocycles. The molecule has 0 spiro atoms. The third-order valence-corrected chi connectivity index (χ3v) is 5.86. The third-order valence-electron chi connectivity index (χ3n) is 4.88. The number of benzene rings is 3. The molecule has 1 heterocycles. The largest absolute Gasteiger partial charge is 0.492 e. The molecule has 0 aliphatic carbocycles. The number of amides is 1. The zero-order chi connectivity index (χ0) is 21.5. The smallest absolute Gasteiger partial charge is 0.234 e. The van der Waals surface area contributed by atoms with Crippen molar-refractivity contribution in [2.45, 2.75) is 25.0 Å². The second kappa shape index (κ2) is 10.2. The summed E-state index contributed by atoms with van der Waals surface area (Å²) in [6.45, 7) is 3.28. The van der Waals surface area contributed by atoms with Gasteiger partial charge in [0, 0.05) is 6.54 Å². The van der Waals surface area contributed by atoms with E-state index in [1.807, 2.05) is 55.5 Å². The van der Waals surface area contributed by atoms with E-state index >= 15 is 0 Å². The molecule has 0 saturated carbocycles. The van der Waals surface area contributed by atoms with E-state index in [-0.39, 0.29) is 11.7 Å². The van der Waals surface area contributed by atoms with Crippen molar-refractivity contribution in [3.63, 3.8) is 0 Å². The molecule has 0 fully saturated rings. The first-order valence-electron chi connectivity index (χ1n) is 10.4. The van der Waals surface area contributed by atoms with Gasteiger partial charge in [-0.05, 0) is 43.2 Å². The van der Waals surface area contributed by atoms with Gasteiger partial charge in [0.1, 0.15) is 5.75 Å². The topological polar surface area (TPSA) is 56.1 Å². The van der Waals surface area contributed by atoms with E-state index in [0.717, 1.165) is 29.2 Å². The molecule has 5 nitrogen and oxygen atoms in total. The van der Waals surface area contributed by atoms with Crippen molar-refractivity contribution in [2.24, 2.45) is 0 Å². The third kappa shape index (κ3) is 5.27. The Morgan fingerprint density at radius 2 is 1.74 bits per heavy atom. The number of nitrogens with one attached hydrogen (secondary N) is 1. The molecule has 0 aliphatic rings. The van der Waals surface area contributed by atoms with Crippen LogP contribution in [0, 0.1) is 0 Å². The van der Waals surface area contributed by atoms with Crippen LogP contribution in [0.15, 0.2) is 84.0 Å². The highest BCUT2D eigenvalue weighted by molar-refractivity contribution is 7.99. The van der Waals surface area contributed by atoms with Gasteiger partial charge >= 0.3 is 0 Å². The van der Waals surface area contributed by atoms with E-state index in [1.165, 1.54) is 17.3 Å². The summed E-state index contributed by atoms with van der Waals surface area (Å²) in [5.74, 6) is 0.868. The fourth-order valence-corrected chi connectivity index (χ4v) is 4.27. The van der Waals surface area contributed by atoms with E-state index in [2.05, 4.69) is 40.2 Å².